The number of amides is 1. The smallest absolute Gasteiger partial charge is 0.246 e. The number of halogens is 2. The fourth-order valence-corrected chi connectivity index (χ4v) is 2.26. The predicted octanol–water partition coefficient (Wildman–Crippen LogP) is 2.42. The van der Waals surface area contributed by atoms with E-state index in [4.69, 9.17) is 27.7 Å². The first-order valence-electron chi connectivity index (χ1n) is 6.14. The summed E-state index contributed by atoms with van der Waals surface area (Å²) in [6, 6.07) is 4.68. The molecule has 21 heavy (non-hydrogen) atoms. The summed E-state index contributed by atoms with van der Waals surface area (Å²) < 4.78 is 4.86. The fraction of sp³-hybridized carbons (Fsp3) is 0.308. The number of hydrogen-bond acceptors (Lipinski definition) is 5. The molecule has 0 saturated carbocycles. The average molecular weight is 330 g/mol. The molecular formula is C13H13Cl2N3O3. The quantitative estimate of drug-likeness (QED) is 0.879. The molecule has 0 aliphatic heterocycles. The maximum atomic E-state index is 11.7. The van der Waals surface area contributed by atoms with Crippen molar-refractivity contribution >= 4 is 29.1 Å². The fourth-order valence-electron chi connectivity index (χ4n) is 1.72. The Kier molecular flexibility index (Phi) is 5.17. The second kappa shape index (κ2) is 6.89. The molecule has 6 nitrogen and oxygen atoms in total. The van der Waals surface area contributed by atoms with Gasteiger partial charge in [0.05, 0.1) is 19.1 Å². The van der Waals surface area contributed by atoms with Gasteiger partial charge in [0.25, 0.3) is 0 Å². The van der Waals surface area contributed by atoms with E-state index in [-0.39, 0.29) is 18.9 Å². The second-order valence-electron chi connectivity index (χ2n) is 4.43. The number of carbonyl (C=O) groups is 1. The molecule has 0 aliphatic rings. The Morgan fingerprint density at radius 2 is 2.05 bits per heavy atom. The molecule has 1 aromatic carbocycles. The van der Waals surface area contributed by atoms with Crippen LogP contribution < -0.4 is 5.32 Å². The molecule has 112 valence electrons. The number of aromatic nitrogens is 2. The number of carbonyl (C=O) groups excluding carboxylic acids is 1. The van der Waals surface area contributed by atoms with Gasteiger partial charge < -0.3 is 14.9 Å². The summed E-state index contributed by atoms with van der Waals surface area (Å²) in [6.45, 7) is 1.80. The van der Waals surface area contributed by atoms with Crippen LogP contribution in [0.25, 0.3) is 0 Å². The predicted molar refractivity (Wildman–Crippen MR) is 76.9 cm³/mol. The molecule has 0 aliphatic carbocycles. The monoisotopic (exact) mass is 329 g/mol. The maximum absolute atomic E-state index is 11.7. The summed E-state index contributed by atoms with van der Waals surface area (Å²) in [5.41, 5.74) is 0.483. The second-order valence-corrected chi connectivity index (χ2v) is 5.31. The highest BCUT2D eigenvalue weighted by Gasteiger charge is 2.15. The number of nitrogens with zero attached hydrogens (tertiary/aromatic N) is 2. The summed E-state index contributed by atoms with van der Waals surface area (Å²) in [4.78, 5) is 15.7. The Morgan fingerprint density at radius 1 is 1.38 bits per heavy atom. The van der Waals surface area contributed by atoms with Crippen molar-refractivity contribution in [2.45, 2.75) is 26.0 Å². The van der Waals surface area contributed by atoms with Gasteiger partial charge in [-0.05, 0) is 30.7 Å². The number of aliphatic hydroxyl groups is 1. The molecule has 0 bridgehead atoms. The molecule has 8 heteroatoms. The lowest BCUT2D eigenvalue weighted by atomic mass is 10.1. The lowest BCUT2D eigenvalue weighted by Gasteiger charge is -2.11. The van der Waals surface area contributed by atoms with Gasteiger partial charge in [-0.25, -0.2) is 0 Å². The van der Waals surface area contributed by atoms with Crippen molar-refractivity contribution in [2.75, 3.05) is 0 Å². The molecule has 1 aromatic heterocycles. The first-order valence-corrected chi connectivity index (χ1v) is 6.89. The van der Waals surface area contributed by atoms with E-state index in [0.29, 0.717) is 27.3 Å². The number of rotatable bonds is 5. The highest BCUT2D eigenvalue weighted by molar-refractivity contribution is 6.34. The number of benzene rings is 1. The third-order valence-corrected chi connectivity index (χ3v) is 3.09. The molecule has 2 aromatic rings. The summed E-state index contributed by atoms with van der Waals surface area (Å²) in [5.74, 6) is 0.448. The lowest BCUT2D eigenvalue weighted by Crippen LogP contribution is -2.24. The largest absolute Gasteiger partial charge is 0.388 e. The van der Waals surface area contributed by atoms with E-state index >= 15 is 0 Å². The Balaban J connectivity index is 1.89. The third-order valence-electron chi connectivity index (χ3n) is 2.65. The van der Waals surface area contributed by atoms with E-state index in [1.807, 2.05) is 0 Å². The van der Waals surface area contributed by atoms with Gasteiger partial charge in [-0.2, -0.15) is 4.98 Å². The SMILES string of the molecule is Cc1noc(CNC(=O)C[C@@H](O)c2cc(Cl)cc(Cl)c2)n1. The van der Waals surface area contributed by atoms with Crippen LogP contribution in [-0.4, -0.2) is 21.2 Å². The van der Waals surface area contributed by atoms with Crippen LogP contribution in [-0.2, 0) is 11.3 Å². The topological polar surface area (TPSA) is 88.2 Å². The van der Waals surface area contributed by atoms with Crippen molar-refractivity contribution in [3.05, 3.63) is 45.5 Å². The Bertz CT molecular complexity index is 625. The average Bonchev–Trinajstić information content (AvgIpc) is 2.81. The van der Waals surface area contributed by atoms with Gasteiger partial charge in [0.2, 0.25) is 11.8 Å². The highest BCUT2D eigenvalue weighted by atomic mass is 35.5. The van der Waals surface area contributed by atoms with Crippen molar-refractivity contribution in [2.24, 2.45) is 0 Å². The zero-order chi connectivity index (χ0) is 15.4. The van der Waals surface area contributed by atoms with Crippen molar-refractivity contribution in [3.63, 3.8) is 0 Å². The molecule has 0 radical (unpaired) electrons. The lowest BCUT2D eigenvalue weighted by molar-refractivity contribution is -0.123. The van der Waals surface area contributed by atoms with Gasteiger partial charge in [-0.15, -0.1) is 0 Å². The van der Waals surface area contributed by atoms with E-state index in [2.05, 4.69) is 15.5 Å². The zero-order valence-electron chi connectivity index (χ0n) is 11.1. The summed E-state index contributed by atoms with van der Waals surface area (Å²) in [6.07, 6.45) is -1.12. The molecule has 2 N–H and O–H groups in total. The van der Waals surface area contributed by atoms with Crippen LogP contribution in [0.15, 0.2) is 22.7 Å². The van der Waals surface area contributed by atoms with E-state index in [1.165, 1.54) is 0 Å². The van der Waals surface area contributed by atoms with Crippen molar-refractivity contribution < 1.29 is 14.4 Å². The highest BCUT2D eigenvalue weighted by Crippen LogP contribution is 2.25. The van der Waals surface area contributed by atoms with Crippen LogP contribution in [0.1, 0.15) is 29.8 Å². The van der Waals surface area contributed by atoms with E-state index in [0.717, 1.165) is 0 Å². The van der Waals surface area contributed by atoms with Crippen molar-refractivity contribution in [1.82, 2.24) is 15.5 Å². The van der Waals surface area contributed by atoms with Gasteiger partial charge >= 0.3 is 0 Å². The minimum Gasteiger partial charge on any atom is -0.388 e. The molecule has 0 saturated heterocycles. The van der Waals surface area contributed by atoms with E-state index < -0.39 is 6.10 Å². The molecule has 1 atom stereocenters. The number of hydrogen-bond donors (Lipinski definition) is 2. The van der Waals surface area contributed by atoms with Gasteiger partial charge in [0.15, 0.2) is 5.82 Å². The molecule has 2 rings (SSSR count). The summed E-state index contributed by atoms with van der Waals surface area (Å²) >= 11 is 11.7. The number of aliphatic hydroxyl groups excluding tert-OH is 1. The normalized spacial score (nSPS) is 12.2. The van der Waals surface area contributed by atoms with Crippen LogP contribution in [0.5, 0.6) is 0 Å². The minimum absolute atomic E-state index is 0.114. The van der Waals surface area contributed by atoms with Gasteiger partial charge in [0.1, 0.15) is 0 Å². The maximum Gasteiger partial charge on any atom is 0.246 e. The van der Waals surface area contributed by atoms with E-state index in [9.17, 15) is 9.90 Å². The third kappa shape index (κ3) is 4.70. The van der Waals surface area contributed by atoms with Crippen LogP contribution in [0, 0.1) is 6.92 Å². The van der Waals surface area contributed by atoms with Gasteiger partial charge in [-0.3, -0.25) is 4.79 Å². The zero-order valence-corrected chi connectivity index (χ0v) is 12.6. The standard InChI is InChI=1S/C13H13Cl2N3O3/c1-7-17-13(21-18-7)6-16-12(20)5-11(19)8-2-9(14)4-10(15)3-8/h2-4,11,19H,5-6H2,1H3,(H,16,20)/t11-/m1/s1. The molecule has 1 amide bonds. The molecule has 1 heterocycles. The number of aryl methyl sites for hydroxylation is 1. The van der Waals surface area contributed by atoms with E-state index in [1.54, 1.807) is 25.1 Å². The van der Waals surface area contributed by atoms with Crippen LogP contribution in [0.4, 0.5) is 0 Å². The van der Waals surface area contributed by atoms with Gasteiger partial charge in [0, 0.05) is 10.0 Å². The number of nitrogens with one attached hydrogen (secondary N) is 1. The molecule has 0 spiro atoms. The first kappa shape index (κ1) is 15.8. The Morgan fingerprint density at radius 3 is 2.62 bits per heavy atom. The first-order chi connectivity index (χ1) is 9.94. The Hall–Kier alpha value is -1.63. The summed E-state index contributed by atoms with van der Waals surface area (Å²) in [5, 5.41) is 17.0. The molecular weight excluding hydrogens is 317 g/mol. The molecule has 0 fully saturated rings. The molecule has 0 unspecified atom stereocenters. The van der Waals surface area contributed by atoms with Crippen LogP contribution in [0.3, 0.4) is 0 Å². The van der Waals surface area contributed by atoms with Crippen molar-refractivity contribution in [1.29, 1.82) is 0 Å². The summed E-state index contributed by atoms with van der Waals surface area (Å²) in [7, 11) is 0. The van der Waals surface area contributed by atoms with Crippen molar-refractivity contribution in [3.8, 4) is 0 Å². The van der Waals surface area contributed by atoms with Crippen LogP contribution >= 0.6 is 23.2 Å². The minimum atomic E-state index is -0.995. The van der Waals surface area contributed by atoms with Crippen LogP contribution in [0.2, 0.25) is 10.0 Å². The van der Waals surface area contributed by atoms with Gasteiger partial charge in [-0.1, -0.05) is 28.4 Å². The Labute approximate surface area is 131 Å².